The van der Waals surface area contributed by atoms with Crippen molar-refractivity contribution in [1.82, 2.24) is 15.6 Å². The van der Waals surface area contributed by atoms with Crippen LogP contribution in [0.25, 0.3) is 0 Å². The van der Waals surface area contributed by atoms with E-state index in [4.69, 9.17) is 0 Å². The Labute approximate surface area is 165 Å². The number of nitrogens with one attached hydrogen (secondary N) is 2. The molecule has 0 aromatic carbocycles. The van der Waals surface area contributed by atoms with Gasteiger partial charge in [0, 0.05) is 38.4 Å². The van der Waals surface area contributed by atoms with Gasteiger partial charge in [0.25, 0.3) is 0 Å². The van der Waals surface area contributed by atoms with Gasteiger partial charge in [-0.2, -0.15) is 13.2 Å². The molecule has 0 saturated heterocycles. The molecule has 144 valence electrons. The summed E-state index contributed by atoms with van der Waals surface area (Å²) < 4.78 is 41.9. The third-order valence-electron chi connectivity index (χ3n) is 3.02. The molecule has 1 aromatic rings. The van der Waals surface area contributed by atoms with E-state index in [0.717, 1.165) is 23.1 Å². The molecule has 1 heterocycles. The second kappa shape index (κ2) is 12.3. The van der Waals surface area contributed by atoms with E-state index in [1.165, 1.54) is 7.11 Å². The lowest BCUT2D eigenvalue weighted by Crippen LogP contribution is -2.38. The highest BCUT2D eigenvalue weighted by atomic mass is 127. The molecule has 0 amide bonds. The van der Waals surface area contributed by atoms with Crippen molar-refractivity contribution < 1.29 is 22.7 Å². The van der Waals surface area contributed by atoms with Gasteiger partial charge in [-0.3, -0.25) is 9.79 Å². The number of nitrogens with zero attached hydrogens (tertiary/aromatic N) is 2. The Morgan fingerprint density at radius 2 is 2.00 bits per heavy atom. The maximum atomic E-state index is 12.5. The van der Waals surface area contributed by atoms with E-state index in [9.17, 15) is 18.0 Å². The van der Waals surface area contributed by atoms with Gasteiger partial charge in [0.2, 0.25) is 0 Å². The molecule has 0 spiro atoms. The fourth-order valence-corrected chi connectivity index (χ4v) is 2.57. The number of guanidine groups is 1. The summed E-state index contributed by atoms with van der Waals surface area (Å²) >= 11 is 0.990. The number of alkyl halides is 3. The number of carbonyl (C=O) groups excluding carboxylic acids is 1. The molecule has 0 aliphatic carbocycles. The lowest BCUT2D eigenvalue weighted by atomic mass is 10.2. The highest BCUT2D eigenvalue weighted by Crippen LogP contribution is 2.29. The van der Waals surface area contributed by atoms with Gasteiger partial charge in [-0.25, -0.2) is 4.98 Å². The van der Waals surface area contributed by atoms with Crippen molar-refractivity contribution in [2.75, 3.05) is 27.2 Å². The van der Waals surface area contributed by atoms with E-state index in [0.29, 0.717) is 43.3 Å². The summed E-state index contributed by atoms with van der Waals surface area (Å²) in [6.07, 6.45) is -2.17. The lowest BCUT2D eigenvalue weighted by molar-refractivity contribution is -0.141. The van der Waals surface area contributed by atoms with E-state index in [-0.39, 0.29) is 29.9 Å². The monoisotopic (exact) mass is 494 g/mol. The third-order valence-corrected chi connectivity index (χ3v) is 3.93. The van der Waals surface area contributed by atoms with Crippen LogP contribution in [0.15, 0.2) is 10.4 Å². The van der Waals surface area contributed by atoms with Crippen molar-refractivity contribution in [2.24, 2.45) is 4.99 Å². The van der Waals surface area contributed by atoms with Crippen LogP contribution in [0.4, 0.5) is 13.2 Å². The Bertz CT molecular complexity index is 552. The number of aliphatic imine (C=N–C) groups is 1. The Balaban J connectivity index is 0.00000576. The highest BCUT2D eigenvalue weighted by Gasteiger charge is 2.33. The van der Waals surface area contributed by atoms with Crippen LogP contribution < -0.4 is 10.6 Å². The lowest BCUT2D eigenvalue weighted by Gasteiger charge is -2.11. The Morgan fingerprint density at radius 1 is 1.32 bits per heavy atom. The molecule has 0 atom stereocenters. The topological polar surface area (TPSA) is 75.6 Å². The Hall–Kier alpha value is -1.11. The maximum Gasteiger partial charge on any atom is 0.434 e. The van der Waals surface area contributed by atoms with Gasteiger partial charge >= 0.3 is 12.1 Å². The number of halogens is 4. The number of ether oxygens (including phenoxy) is 1. The zero-order chi connectivity index (χ0) is 18.0. The van der Waals surface area contributed by atoms with Crippen molar-refractivity contribution in [3.8, 4) is 0 Å². The first-order chi connectivity index (χ1) is 11.4. The summed E-state index contributed by atoms with van der Waals surface area (Å²) in [6.45, 7) is 1.05. The third kappa shape index (κ3) is 9.82. The zero-order valence-corrected chi connectivity index (χ0v) is 17.1. The first-order valence-corrected chi connectivity index (χ1v) is 8.27. The second-order valence-electron chi connectivity index (χ2n) is 4.83. The minimum atomic E-state index is -4.40. The quantitative estimate of drug-likeness (QED) is 0.191. The molecule has 6 nitrogen and oxygen atoms in total. The van der Waals surface area contributed by atoms with Crippen LogP contribution in [0.3, 0.4) is 0 Å². The van der Waals surface area contributed by atoms with Crippen LogP contribution in [0.2, 0.25) is 0 Å². The number of unbranched alkanes of at least 4 members (excludes halogenated alkanes) is 1. The molecule has 0 bridgehead atoms. The predicted molar refractivity (Wildman–Crippen MR) is 101 cm³/mol. The van der Waals surface area contributed by atoms with Gasteiger partial charge in [-0.1, -0.05) is 0 Å². The van der Waals surface area contributed by atoms with Gasteiger partial charge in [0.05, 0.1) is 12.1 Å². The smallest absolute Gasteiger partial charge is 0.434 e. The molecular formula is C14H22F3IN4O2S. The van der Waals surface area contributed by atoms with Gasteiger partial charge in [-0.15, -0.1) is 35.3 Å². The molecule has 1 aromatic heterocycles. The highest BCUT2D eigenvalue weighted by molar-refractivity contribution is 14.0. The van der Waals surface area contributed by atoms with E-state index >= 15 is 0 Å². The van der Waals surface area contributed by atoms with Crippen LogP contribution >= 0.6 is 35.3 Å². The van der Waals surface area contributed by atoms with Gasteiger partial charge in [-0.05, 0) is 12.8 Å². The fourth-order valence-electron chi connectivity index (χ4n) is 1.77. The number of thiazole rings is 1. The molecule has 0 aliphatic heterocycles. The van der Waals surface area contributed by atoms with E-state index in [1.54, 1.807) is 7.05 Å². The van der Waals surface area contributed by atoms with Gasteiger partial charge in [0.1, 0.15) is 0 Å². The van der Waals surface area contributed by atoms with Crippen LogP contribution in [0.5, 0.6) is 0 Å². The first-order valence-electron chi connectivity index (χ1n) is 7.39. The van der Waals surface area contributed by atoms with Crippen molar-refractivity contribution in [1.29, 1.82) is 0 Å². The predicted octanol–water partition coefficient (Wildman–Crippen LogP) is 2.83. The fraction of sp³-hybridized carbons (Fsp3) is 0.643. The Kier molecular flexibility index (Phi) is 11.7. The maximum absolute atomic E-state index is 12.5. The van der Waals surface area contributed by atoms with Crippen molar-refractivity contribution in [3.05, 3.63) is 16.1 Å². The zero-order valence-electron chi connectivity index (χ0n) is 14.0. The van der Waals surface area contributed by atoms with Crippen LogP contribution in [-0.4, -0.2) is 44.2 Å². The number of carbonyl (C=O) groups is 1. The van der Waals surface area contributed by atoms with Crippen molar-refractivity contribution in [3.63, 3.8) is 0 Å². The molecule has 0 saturated carbocycles. The normalized spacial score (nSPS) is 11.6. The van der Waals surface area contributed by atoms with E-state index < -0.39 is 11.9 Å². The van der Waals surface area contributed by atoms with Crippen molar-refractivity contribution >= 4 is 47.2 Å². The number of hydrogen-bond donors (Lipinski definition) is 2. The molecule has 1 rings (SSSR count). The standard InChI is InChI=1S/C14H21F3N4O2S.HI/c1-18-13(19-7-4-3-5-12(22)23-2)20-8-6-11-21-10(9-24-11)14(15,16)17;/h9H,3-8H2,1-2H3,(H2,18,19,20);1H. The minimum absolute atomic E-state index is 0. The average molecular weight is 494 g/mol. The number of hydrogen-bond acceptors (Lipinski definition) is 5. The Morgan fingerprint density at radius 3 is 2.56 bits per heavy atom. The average Bonchev–Trinajstić information content (AvgIpc) is 3.01. The number of esters is 1. The number of methoxy groups -OCH3 is 1. The molecular weight excluding hydrogens is 472 g/mol. The van der Waals surface area contributed by atoms with Crippen LogP contribution in [0.1, 0.15) is 30.0 Å². The van der Waals surface area contributed by atoms with Gasteiger partial charge in [0.15, 0.2) is 11.7 Å². The molecule has 0 fully saturated rings. The number of aromatic nitrogens is 1. The second-order valence-corrected chi connectivity index (χ2v) is 5.78. The van der Waals surface area contributed by atoms with Crippen LogP contribution in [0, 0.1) is 0 Å². The molecule has 2 N–H and O–H groups in total. The summed E-state index contributed by atoms with van der Waals surface area (Å²) in [7, 11) is 2.96. The summed E-state index contributed by atoms with van der Waals surface area (Å²) in [4.78, 5) is 18.5. The summed E-state index contributed by atoms with van der Waals surface area (Å²) in [6, 6.07) is 0. The van der Waals surface area contributed by atoms with E-state index in [2.05, 4.69) is 25.3 Å². The first kappa shape index (κ1) is 23.9. The van der Waals surface area contributed by atoms with Gasteiger partial charge < -0.3 is 15.4 Å². The summed E-state index contributed by atoms with van der Waals surface area (Å²) in [5, 5.41) is 7.51. The summed E-state index contributed by atoms with van der Waals surface area (Å²) in [5.41, 5.74) is -0.851. The molecule has 25 heavy (non-hydrogen) atoms. The minimum Gasteiger partial charge on any atom is -0.469 e. The van der Waals surface area contributed by atoms with Crippen molar-refractivity contribution in [2.45, 2.75) is 31.9 Å². The SMILES string of the molecule is CN=C(NCCCCC(=O)OC)NCCc1nc(C(F)(F)F)cs1.I. The molecule has 0 unspecified atom stereocenters. The largest absolute Gasteiger partial charge is 0.469 e. The molecule has 0 radical (unpaired) electrons. The number of rotatable bonds is 8. The molecule has 0 aliphatic rings. The molecule has 11 heteroatoms. The van der Waals surface area contributed by atoms with E-state index in [1.807, 2.05) is 0 Å². The van der Waals surface area contributed by atoms with Crippen LogP contribution in [-0.2, 0) is 22.1 Å². The summed E-state index contributed by atoms with van der Waals surface area (Å²) in [5.74, 6) is 0.319.